The fourth-order valence-corrected chi connectivity index (χ4v) is 2.70. The highest BCUT2D eigenvalue weighted by molar-refractivity contribution is 5.78. The van der Waals surface area contributed by atoms with Gasteiger partial charge in [-0.2, -0.15) is 0 Å². The van der Waals surface area contributed by atoms with Crippen molar-refractivity contribution in [3.8, 4) is 5.75 Å². The van der Waals surface area contributed by atoms with Crippen LogP contribution in [0.3, 0.4) is 0 Å². The average Bonchev–Trinajstić information content (AvgIpc) is 2.55. The van der Waals surface area contributed by atoms with Gasteiger partial charge in [-0.05, 0) is 24.0 Å². The Bertz CT molecular complexity index is 677. The molecule has 0 amide bonds. The smallest absolute Gasteiger partial charge is 0.159 e. The topological polar surface area (TPSA) is 76.3 Å². The van der Waals surface area contributed by atoms with Gasteiger partial charge in [-0.25, -0.2) is 9.97 Å². The van der Waals surface area contributed by atoms with Crippen molar-refractivity contribution >= 4 is 23.0 Å². The summed E-state index contributed by atoms with van der Waals surface area (Å²) in [6.45, 7) is 10.6. The van der Waals surface area contributed by atoms with Crippen LogP contribution in [0.25, 0.3) is 0 Å². The highest BCUT2D eigenvalue weighted by atomic mass is 16.5. The lowest BCUT2D eigenvalue weighted by Crippen LogP contribution is -2.32. The molecule has 0 radical (unpaired) electrons. The molecule has 0 saturated carbocycles. The maximum atomic E-state index is 6.39. The van der Waals surface area contributed by atoms with Crippen molar-refractivity contribution in [2.24, 2.45) is 11.8 Å². The van der Waals surface area contributed by atoms with Gasteiger partial charge in [0.05, 0.1) is 7.11 Å². The van der Waals surface area contributed by atoms with Crippen molar-refractivity contribution < 1.29 is 4.74 Å². The number of nitrogen functional groups attached to an aromatic ring is 1. The molecule has 0 atom stereocenters. The van der Waals surface area contributed by atoms with E-state index in [0.717, 1.165) is 30.3 Å². The molecule has 0 unspecified atom stereocenters. The van der Waals surface area contributed by atoms with E-state index in [2.05, 4.69) is 47.9 Å². The van der Waals surface area contributed by atoms with Crippen LogP contribution in [0, 0.1) is 11.8 Å². The predicted octanol–water partition coefficient (Wildman–Crippen LogP) is 3.93. The van der Waals surface area contributed by atoms with Crippen LogP contribution in [0.15, 0.2) is 30.6 Å². The van der Waals surface area contributed by atoms with Crippen molar-refractivity contribution in [2.75, 3.05) is 36.1 Å². The molecule has 136 valence electrons. The number of anilines is 4. The molecule has 0 bridgehead atoms. The zero-order valence-corrected chi connectivity index (χ0v) is 15.8. The van der Waals surface area contributed by atoms with Crippen LogP contribution < -0.4 is 20.7 Å². The van der Waals surface area contributed by atoms with Crippen LogP contribution in [0.2, 0.25) is 0 Å². The number of ether oxygens (including phenoxy) is 1. The Hall–Kier alpha value is -2.50. The first-order valence-electron chi connectivity index (χ1n) is 8.67. The average molecular weight is 343 g/mol. The molecule has 0 fully saturated rings. The molecule has 2 rings (SSSR count). The normalized spacial score (nSPS) is 11.0. The number of rotatable bonds is 8. The number of methoxy groups -OCH3 is 1. The SMILES string of the molecule is COc1cccc(Nc2ncnc(N(CC(C)C)CC(C)C)c2N)c1. The lowest BCUT2D eigenvalue weighted by Gasteiger charge is -2.28. The molecular formula is C19H29N5O. The maximum absolute atomic E-state index is 6.39. The van der Waals surface area contributed by atoms with Crippen LogP contribution >= 0.6 is 0 Å². The summed E-state index contributed by atoms with van der Waals surface area (Å²) in [6, 6.07) is 7.67. The maximum Gasteiger partial charge on any atom is 0.159 e. The van der Waals surface area contributed by atoms with E-state index in [9.17, 15) is 0 Å². The number of nitrogens with one attached hydrogen (secondary N) is 1. The second kappa shape index (κ2) is 8.55. The van der Waals surface area contributed by atoms with Gasteiger partial charge in [-0.15, -0.1) is 0 Å². The van der Waals surface area contributed by atoms with Crippen LogP contribution in [0.4, 0.5) is 23.0 Å². The second-order valence-corrected chi connectivity index (χ2v) is 7.01. The third-order valence-electron chi connectivity index (χ3n) is 3.67. The van der Waals surface area contributed by atoms with Crippen molar-refractivity contribution in [1.29, 1.82) is 0 Å². The third kappa shape index (κ3) is 5.24. The minimum atomic E-state index is 0.517. The predicted molar refractivity (Wildman–Crippen MR) is 105 cm³/mol. The minimum absolute atomic E-state index is 0.517. The monoisotopic (exact) mass is 343 g/mol. The third-order valence-corrected chi connectivity index (χ3v) is 3.67. The summed E-state index contributed by atoms with van der Waals surface area (Å²) < 4.78 is 5.26. The zero-order chi connectivity index (χ0) is 18.4. The van der Waals surface area contributed by atoms with Gasteiger partial charge in [0.2, 0.25) is 0 Å². The zero-order valence-electron chi connectivity index (χ0n) is 15.8. The van der Waals surface area contributed by atoms with E-state index >= 15 is 0 Å². The van der Waals surface area contributed by atoms with Crippen molar-refractivity contribution in [2.45, 2.75) is 27.7 Å². The number of nitrogens with zero attached hydrogens (tertiary/aromatic N) is 3. The van der Waals surface area contributed by atoms with Crippen LogP contribution in [0.5, 0.6) is 5.75 Å². The van der Waals surface area contributed by atoms with Crippen molar-refractivity contribution in [1.82, 2.24) is 9.97 Å². The Morgan fingerprint density at radius 1 is 1.12 bits per heavy atom. The van der Waals surface area contributed by atoms with E-state index in [4.69, 9.17) is 10.5 Å². The summed E-state index contributed by atoms with van der Waals surface area (Å²) in [5, 5.41) is 3.27. The molecule has 2 aromatic rings. The standard InChI is InChI=1S/C19H29N5O/c1-13(2)10-24(11-14(3)4)19-17(20)18(21-12-22-19)23-15-7-6-8-16(9-15)25-5/h6-9,12-14H,10-11,20H2,1-5H3,(H,21,22,23). The lowest BCUT2D eigenvalue weighted by atomic mass is 10.1. The van der Waals surface area contributed by atoms with Crippen molar-refractivity contribution in [3.63, 3.8) is 0 Å². The van der Waals surface area contributed by atoms with Gasteiger partial charge in [0, 0.05) is 24.8 Å². The molecule has 6 heteroatoms. The van der Waals surface area contributed by atoms with E-state index in [1.54, 1.807) is 13.4 Å². The number of aromatic nitrogens is 2. The molecule has 0 saturated heterocycles. The van der Waals surface area contributed by atoms with Gasteiger partial charge in [-0.3, -0.25) is 0 Å². The molecule has 1 aromatic heterocycles. The summed E-state index contributed by atoms with van der Waals surface area (Å²) in [5.74, 6) is 3.20. The fourth-order valence-electron chi connectivity index (χ4n) is 2.70. The van der Waals surface area contributed by atoms with E-state index in [0.29, 0.717) is 23.3 Å². The Morgan fingerprint density at radius 2 is 1.80 bits per heavy atom. The van der Waals surface area contributed by atoms with Gasteiger partial charge in [-0.1, -0.05) is 33.8 Å². The molecule has 1 heterocycles. The number of nitrogens with two attached hydrogens (primary N) is 1. The first-order valence-corrected chi connectivity index (χ1v) is 8.67. The molecule has 6 nitrogen and oxygen atoms in total. The molecular weight excluding hydrogens is 314 g/mol. The van der Waals surface area contributed by atoms with Crippen LogP contribution in [-0.4, -0.2) is 30.2 Å². The van der Waals surface area contributed by atoms with Crippen LogP contribution in [-0.2, 0) is 0 Å². The Kier molecular flexibility index (Phi) is 6.44. The van der Waals surface area contributed by atoms with Gasteiger partial charge in [0.25, 0.3) is 0 Å². The molecule has 0 aliphatic rings. The Balaban J connectivity index is 2.30. The van der Waals surface area contributed by atoms with E-state index in [1.165, 1.54) is 0 Å². The molecule has 0 aliphatic heterocycles. The highest BCUT2D eigenvalue weighted by Gasteiger charge is 2.17. The summed E-state index contributed by atoms with van der Waals surface area (Å²) in [5.41, 5.74) is 7.83. The molecule has 0 aliphatic carbocycles. The summed E-state index contributed by atoms with van der Waals surface area (Å²) in [6.07, 6.45) is 1.56. The van der Waals surface area contributed by atoms with Crippen LogP contribution in [0.1, 0.15) is 27.7 Å². The Morgan fingerprint density at radius 3 is 2.40 bits per heavy atom. The van der Waals surface area contributed by atoms with Gasteiger partial charge in [0.1, 0.15) is 17.8 Å². The van der Waals surface area contributed by atoms with E-state index in [-0.39, 0.29) is 0 Å². The van der Waals surface area contributed by atoms with Gasteiger partial charge >= 0.3 is 0 Å². The number of hydrogen-bond acceptors (Lipinski definition) is 6. The Labute approximate surface area is 150 Å². The molecule has 0 spiro atoms. The second-order valence-electron chi connectivity index (χ2n) is 7.01. The van der Waals surface area contributed by atoms with Gasteiger partial charge < -0.3 is 20.7 Å². The minimum Gasteiger partial charge on any atom is -0.497 e. The largest absolute Gasteiger partial charge is 0.497 e. The molecule has 25 heavy (non-hydrogen) atoms. The molecule has 3 N–H and O–H groups in total. The first kappa shape index (κ1) is 18.8. The lowest BCUT2D eigenvalue weighted by molar-refractivity contribution is 0.415. The fraction of sp³-hybridized carbons (Fsp3) is 0.474. The molecule has 1 aromatic carbocycles. The number of hydrogen-bond donors (Lipinski definition) is 2. The van der Waals surface area contributed by atoms with E-state index < -0.39 is 0 Å². The first-order chi connectivity index (χ1) is 11.9. The summed E-state index contributed by atoms with van der Waals surface area (Å²) >= 11 is 0. The number of benzene rings is 1. The summed E-state index contributed by atoms with van der Waals surface area (Å²) in [4.78, 5) is 11.0. The van der Waals surface area contributed by atoms with E-state index in [1.807, 2.05) is 24.3 Å². The van der Waals surface area contributed by atoms with Crippen molar-refractivity contribution in [3.05, 3.63) is 30.6 Å². The van der Waals surface area contributed by atoms with Gasteiger partial charge in [0.15, 0.2) is 11.6 Å². The quantitative estimate of drug-likeness (QED) is 0.756. The highest BCUT2D eigenvalue weighted by Crippen LogP contribution is 2.30. The summed E-state index contributed by atoms with van der Waals surface area (Å²) in [7, 11) is 1.64.